The smallest absolute Gasteiger partial charge is 0.319 e. The van der Waals surface area contributed by atoms with Crippen molar-refractivity contribution in [2.24, 2.45) is 0 Å². The monoisotopic (exact) mass is 293 g/mol. The molecule has 0 spiro atoms. The molecule has 2 amide bonds. The number of hydrogen-bond donors (Lipinski definition) is 3. The zero-order valence-electron chi connectivity index (χ0n) is 12.3. The first-order valence-electron chi connectivity index (χ1n) is 7.26. The number of methoxy groups -OCH3 is 1. The summed E-state index contributed by atoms with van der Waals surface area (Å²) in [5.41, 5.74) is 0.683. The number of amides is 2. The molecule has 0 aliphatic carbocycles. The van der Waals surface area contributed by atoms with E-state index in [1.807, 2.05) is 0 Å². The van der Waals surface area contributed by atoms with Gasteiger partial charge in [0.05, 0.1) is 13.2 Å². The van der Waals surface area contributed by atoms with Crippen LogP contribution in [0, 0.1) is 0 Å². The number of anilines is 1. The Morgan fingerprint density at radius 3 is 2.62 bits per heavy atom. The van der Waals surface area contributed by atoms with Crippen molar-refractivity contribution in [2.45, 2.75) is 18.9 Å². The lowest BCUT2D eigenvalue weighted by Gasteiger charge is -2.19. The van der Waals surface area contributed by atoms with Crippen molar-refractivity contribution >= 4 is 11.7 Å². The van der Waals surface area contributed by atoms with Gasteiger partial charge < -0.3 is 25.4 Å². The van der Waals surface area contributed by atoms with Gasteiger partial charge in [-0.25, -0.2) is 4.79 Å². The molecule has 1 aliphatic heterocycles. The summed E-state index contributed by atoms with van der Waals surface area (Å²) in [6.45, 7) is 2.94. The molecule has 0 bridgehead atoms. The van der Waals surface area contributed by atoms with E-state index in [2.05, 4.69) is 15.5 Å². The molecule has 1 saturated heterocycles. The van der Waals surface area contributed by atoms with E-state index in [-0.39, 0.29) is 12.6 Å². The summed E-state index contributed by atoms with van der Waals surface area (Å²) in [5, 5.41) is 15.3. The molecule has 21 heavy (non-hydrogen) atoms. The second kappa shape index (κ2) is 7.85. The summed E-state index contributed by atoms with van der Waals surface area (Å²) in [5.74, 6) is 0.738. The maximum absolute atomic E-state index is 11.7. The molecule has 116 valence electrons. The number of aliphatic hydroxyl groups is 1. The highest BCUT2D eigenvalue weighted by Gasteiger charge is 2.16. The van der Waals surface area contributed by atoms with Crippen molar-refractivity contribution in [3.63, 3.8) is 0 Å². The predicted octanol–water partition coefficient (Wildman–Crippen LogP) is 1.27. The Balaban J connectivity index is 1.68. The van der Waals surface area contributed by atoms with Gasteiger partial charge in [-0.15, -0.1) is 0 Å². The largest absolute Gasteiger partial charge is 0.497 e. The maximum atomic E-state index is 11.7. The van der Waals surface area contributed by atoms with E-state index in [1.165, 1.54) is 12.8 Å². The number of benzene rings is 1. The van der Waals surface area contributed by atoms with Crippen molar-refractivity contribution in [3.05, 3.63) is 24.3 Å². The molecule has 0 unspecified atom stereocenters. The first kappa shape index (κ1) is 15.6. The molecule has 1 heterocycles. The summed E-state index contributed by atoms with van der Waals surface area (Å²) in [6, 6.07) is 6.76. The Bertz CT molecular complexity index is 444. The van der Waals surface area contributed by atoms with E-state index in [0.29, 0.717) is 12.2 Å². The molecule has 1 atom stereocenters. The van der Waals surface area contributed by atoms with Gasteiger partial charge in [-0.3, -0.25) is 0 Å². The van der Waals surface area contributed by atoms with Crippen LogP contribution in [-0.2, 0) is 0 Å². The fourth-order valence-corrected chi connectivity index (χ4v) is 2.39. The zero-order chi connectivity index (χ0) is 15.1. The highest BCUT2D eigenvalue weighted by atomic mass is 16.5. The molecule has 6 nitrogen and oxygen atoms in total. The van der Waals surface area contributed by atoms with Gasteiger partial charge in [0.1, 0.15) is 5.75 Å². The van der Waals surface area contributed by atoms with Crippen molar-refractivity contribution in [3.8, 4) is 5.75 Å². The van der Waals surface area contributed by atoms with E-state index < -0.39 is 6.10 Å². The number of hydrogen-bond acceptors (Lipinski definition) is 4. The molecule has 3 N–H and O–H groups in total. The van der Waals surface area contributed by atoms with Crippen LogP contribution < -0.4 is 15.4 Å². The standard InChI is InChI=1S/C15H23N3O3/c1-21-14-6-4-12(5-7-14)17-15(20)16-10-13(19)11-18-8-2-3-9-18/h4-7,13,19H,2-3,8-11H2,1H3,(H2,16,17,20)/t13-/m0/s1. The van der Waals surface area contributed by atoms with Crippen LogP contribution >= 0.6 is 0 Å². The van der Waals surface area contributed by atoms with Gasteiger partial charge in [0.25, 0.3) is 0 Å². The Morgan fingerprint density at radius 2 is 2.00 bits per heavy atom. The Kier molecular flexibility index (Phi) is 5.83. The molecular weight excluding hydrogens is 270 g/mol. The molecule has 0 aromatic heterocycles. The molecule has 1 aromatic rings. The van der Waals surface area contributed by atoms with Crippen LogP contribution in [0.15, 0.2) is 24.3 Å². The molecular formula is C15H23N3O3. The number of nitrogens with one attached hydrogen (secondary N) is 2. The van der Waals surface area contributed by atoms with Crippen molar-refractivity contribution in [2.75, 3.05) is 38.6 Å². The van der Waals surface area contributed by atoms with Crippen molar-refractivity contribution < 1.29 is 14.6 Å². The van der Waals surface area contributed by atoms with Crippen LogP contribution in [0.2, 0.25) is 0 Å². The van der Waals surface area contributed by atoms with E-state index in [0.717, 1.165) is 18.8 Å². The third-order valence-electron chi connectivity index (χ3n) is 3.51. The zero-order valence-corrected chi connectivity index (χ0v) is 12.3. The third-order valence-corrected chi connectivity index (χ3v) is 3.51. The summed E-state index contributed by atoms with van der Waals surface area (Å²) < 4.78 is 5.05. The first-order valence-corrected chi connectivity index (χ1v) is 7.26. The lowest BCUT2D eigenvalue weighted by atomic mass is 10.3. The molecule has 1 aliphatic rings. The van der Waals surface area contributed by atoms with Crippen LogP contribution in [0.25, 0.3) is 0 Å². The number of urea groups is 1. The van der Waals surface area contributed by atoms with E-state index in [1.54, 1.807) is 31.4 Å². The van der Waals surface area contributed by atoms with Crippen molar-refractivity contribution in [1.29, 1.82) is 0 Å². The van der Waals surface area contributed by atoms with Gasteiger partial charge in [-0.2, -0.15) is 0 Å². The summed E-state index contributed by atoms with van der Waals surface area (Å²) in [4.78, 5) is 13.9. The highest BCUT2D eigenvalue weighted by molar-refractivity contribution is 5.89. The quantitative estimate of drug-likeness (QED) is 0.738. The number of ether oxygens (including phenoxy) is 1. The molecule has 0 saturated carbocycles. The van der Waals surface area contributed by atoms with Gasteiger partial charge in [0.2, 0.25) is 0 Å². The van der Waals surface area contributed by atoms with Gasteiger partial charge in [0.15, 0.2) is 0 Å². The number of aliphatic hydroxyl groups excluding tert-OH is 1. The van der Waals surface area contributed by atoms with Gasteiger partial charge >= 0.3 is 6.03 Å². The average Bonchev–Trinajstić information content (AvgIpc) is 2.99. The molecule has 1 aromatic carbocycles. The topological polar surface area (TPSA) is 73.8 Å². The molecule has 6 heteroatoms. The maximum Gasteiger partial charge on any atom is 0.319 e. The van der Waals surface area contributed by atoms with Crippen LogP contribution in [-0.4, -0.2) is 55.4 Å². The van der Waals surface area contributed by atoms with Gasteiger partial charge in [-0.05, 0) is 50.2 Å². The lowest BCUT2D eigenvalue weighted by molar-refractivity contribution is 0.125. The number of carbonyl (C=O) groups is 1. The van der Waals surface area contributed by atoms with Gasteiger partial charge in [0, 0.05) is 18.8 Å². The number of carbonyl (C=O) groups excluding carboxylic acids is 1. The molecule has 0 radical (unpaired) electrons. The minimum absolute atomic E-state index is 0.249. The van der Waals surface area contributed by atoms with Gasteiger partial charge in [-0.1, -0.05) is 0 Å². The number of rotatable bonds is 6. The fourth-order valence-electron chi connectivity index (χ4n) is 2.39. The van der Waals surface area contributed by atoms with Crippen molar-refractivity contribution in [1.82, 2.24) is 10.2 Å². The average molecular weight is 293 g/mol. The predicted molar refractivity (Wildman–Crippen MR) is 81.7 cm³/mol. The number of likely N-dealkylation sites (tertiary alicyclic amines) is 1. The Morgan fingerprint density at radius 1 is 1.33 bits per heavy atom. The molecule has 2 rings (SSSR count). The summed E-state index contributed by atoms with van der Waals surface area (Å²) in [6.07, 6.45) is 1.85. The van der Waals surface area contributed by atoms with E-state index in [4.69, 9.17) is 4.74 Å². The number of β-amino-alcohol motifs (C(OH)–C–C–N with tert-alkyl or cyclic N) is 1. The second-order valence-electron chi connectivity index (χ2n) is 5.23. The lowest BCUT2D eigenvalue weighted by Crippen LogP contribution is -2.40. The Hall–Kier alpha value is -1.79. The van der Waals surface area contributed by atoms with Crippen LogP contribution in [0.4, 0.5) is 10.5 Å². The Labute approximate surface area is 125 Å². The second-order valence-corrected chi connectivity index (χ2v) is 5.23. The first-order chi connectivity index (χ1) is 10.2. The van der Waals surface area contributed by atoms with Crippen LogP contribution in [0.3, 0.4) is 0 Å². The molecule has 1 fully saturated rings. The number of nitrogens with zero attached hydrogens (tertiary/aromatic N) is 1. The minimum atomic E-state index is -0.537. The fraction of sp³-hybridized carbons (Fsp3) is 0.533. The van der Waals surface area contributed by atoms with E-state index >= 15 is 0 Å². The highest BCUT2D eigenvalue weighted by Crippen LogP contribution is 2.14. The van der Waals surface area contributed by atoms with Crippen LogP contribution in [0.5, 0.6) is 5.75 Å². The van der Waals surface area contributed by atoms with E-state index in [9.17, 15) is 9.90 Å². The van der Waals surface area contributed by atoms with Crippen LogP contribution in [0.1, 0.15) is 12.8 Å². The summed E-state index contributed by atoms with van der Waals surface area (Å²) >= 11 is 0. The third kappa shape index (κ3) is 5.24. The SMILES string of the molecule is COc1ccc(NC(=O)NC[C@H](O)CN2CCCC2)cc1. The normalized spacial score (nSPS) is 16.5. The minimum Gasteiger partial charge on any atom is -0.497 e. The summed E-state index contributed by atoms with van der Waals surface area (Å²) in [7, 11) is 1.59.